The van der Waals surface area contributed by atoms with E-state index in [4.69, 9.17) is 11.6 Å². The number of nitrogens with one attached hydrogen (secondary N) is 2. The van der Waals surface area contributed by atoms with Crippen LogP contribution in [-0.2, 0) is 5.54 Å². The summed E-state index contributed by atoms with van der Waals surface area (Å²) in [7, 11) is 0. The van der Waals surface area contributed by atoms with E-state index < -0.39 is 0 Å². The Labute approximate surface area is 157 Å². The van der Waals surface area contributed by atoms with Crippen LogP contribution in [0.4, 0.5) is 10.5 Å². The number of carbonyl (C=O) groups excluding carboxylic acids is 1. The van der Waals surface area contributed by atoms with Gasteiger partial charge in [0.2, 0.25) is 0 Å². The molecule has 4 rings (SSSR count). The first-order valence-corrected chi connectivity index (χ1v) is 9.21. The Morgan fingerprint density at radius 2 is 1.88 bits per heavy atom. The van der Waals surface area contributed by atoms with Crippen LogP contribution in [0.1, 0.15) is 31.2 Å². The van der Waals surface area contributed by atoms with Gasteiger partial charge >= 0.3 is 6.03 Å². The molecule has 1 aliphatic rings. The van der Waals surface area contributed by atoms with Crippen molar-refractivity contribution in [2.75, 3.05) is 5.32 Å². The average molecular weight is 366 g/mol. The lowest BCUT2D eigenvalue weighted by Gasteiger charge is -2.31. The number of hydrogen-bond acceptors (Lipinski definition) is 2. The van der Waals surface area contributed by atoms with Gasteiger partial charge < -0.3 is 10.6 Å². The molecule has 5 heteroatoms. The predicted molar refractivity (Wildman–Crippen MR) is 105 cm³/mol. The summed E-state index contributed by atoms with van der Waals surface area (Å²) in [6, 6.07) is 15.3. The van der Waals surface area contributed by atoms with E-state index >= 15 is 0 Å². The molecule has 2 aromatic carbocycles. The van der Waals surface area contributed by atoms with E-state index in [9.17, 15) is 4.79 Å². The molecule has 2 N–H and O–H groups in total. The Morgan fingerprint density at radius 3 is 2.69 bits per heavy atom. The zero-order valence-corrected chi connectivity index (χ0v) is 15.1. The molecule has 1 heterocycles. The smallest absolute Gasteiger partial charge is 0.319 e. The van der Waals surface area contributed by atoms with E-state index in [0.717, 1.165) is 47.7 Å². The molecule has 2 amide bonds. The highest BCUT2D eigenvalue weighted by Gasteiger charge is 2.37. The van der Waals surface area contributed by atoms with E-state index in [1.165, 1.54) is 0 Å². The summed E-state index contributed by atoms with van der Waals surface area (Å²) in [5.41, 5.74) is 1.48. The van der Waals surface area contributed by atoms with Crippen LogP contribution in [0.3, 0.4) is 0 Å². The van der Waals surface area contributed by atoms with Gasteiger partial charge in [0, 0.05) is 28.5 Å². The maximum atomic E-state index is 12.7. The lowest BCUT2D eigenvalue weighted by atomic mass is 9.88. The van der Waals surface area contributed by atoms with Crippen molar-refractivity contribution in [2.45, 2.75) is 31.2 Å². The van der Waals surface area contributed by atoms with Crippen LogP contribution < -0.4 is 10.6 Å². The maximum absolute atomic E-state index is 12.7. The number of carbonyl (C=O) groups is 1. The Balaban J connectivity index is 1.55. The van der Waals surface area contributed by atoms with Gasteiger partial charge in [0.1, 0.15) is 0 Å². The van der Waals surface area contributed by atoms with Gasteiger partial charge in [-0.2, -0.15) is 0 Å². The van der Waals surface area contributed by atoms with Crippen molar-refractivity contribution in [3.05, 3.63) is 71.5 Å². The Kier molecular flexibility index (Phi) is 4.51. The number of hydrogen-bond donors (Lipinski definition) is 2. The molecule has 0 spiro atoms. The van der Waals surface area contributed by atoms with E-state index in [1.807, 2.05) is 54.7 Å². The topological polar surface area (TPSA) is 54.0 Å². The van der Waals surface area contributed by atoms with E-state index in [-0.39, 0.29) is 11.6 Å². The van der Waals surface area contributed by atoms with Crippen LogP contribution in [0.15, 0.2) is 60.9 Å². The summed E-state index contributed by atoms with van der Waals surface area (Å²) >= 11 is 6.17. The molecule has 132 valence electrons. The molecule has 3 aromatic rings. The average Bonchev–Trinajstić information content (AvgIpc) is 3.11. The fourth-order valence-electron chi connectivity index (χ4n) is 3.79. The number of aromatic nitrogens is 1. The number of benzene rings is 2. The second kappa shape index (κ2) is 6.96. The van der Waals surface area contributed by atoms with Crippen LogP contribution >= 0.6 is 11.6 Å². The molecule has 4 nitrogen and oxygen atoms in total. The second-order valence-corrected chi connectivity index (χ2v) is 7.25. The number of anilines is 1. The minimum Gasteiger partial charge on any atom is -0.328 e. The van der Waals surface area contributed by atoms with E-state index in [0.29, 0.717) is 5.02 Å². The fourth-order valence-corrected chi connectivity index (χ4v) is 3.98. The second-order valence-electron chi connectivity index (χ2n) is 6.82. The largest absolute Gasteiger partial charge is 0.328 e. The molecule has 1 saturated carbocycles. The Hall–Kier alpha value is -2.59. The molecule has 1 fully saturated rings. The van der Waals surface area contributed by atoms with Crippen molar-refractivity contribution in [3.63, 3.8) is 0 Å². The normalized spacial score (nSPS) is 15.7. The number of nitrogens with zero attached hydrogens (tertiary/aromatic N) is 1. The molecule has 0 unspecified atom stereocenters. The molecule has 1 aromatic heterocycles. The van der Waals surface area contributed by atoms with Gasteiger partial charge in [-0.3, -0.25) is 4.98 Å². The molecular formula is C21H20ClN3O. The third-order valence-corrected chi connectivity index (χ3v) is 5.32. The summed E-state index contributed by atoms with van der Waals surface area (Å²) in [4.78, 5) is 16.8. The van der Waals surface area contributed by atoms with Crippen molar-refractivity contribution in [3.8, 4) is 0 Å². The highest BCUT2D eigenvalue weighted by atomic mass is 35.5. The van der Waals surface area contributed by atoms with Crippen molar-refractivity contribution >= 4 is 34.1 Å². The van der Waals surface area contributed by atoms with Gasteiger partial charge in [-0.1, -0.05) is 42.6 Å². The predicted octanol–water partition coefficient (Wildman–Crippen LogP) is 5.48. The molecule has 0 radical (unpaired) electrons. The minimum absolute atomic E-state index is 0.194. The first-order chi connectivity index (χ1) is 12.6. The van der Waals surface area contributed by atoms with E-state index in [2.05, 4.69) is 15.6 Å². The first-order valence-electron chi connectivity index (χ1n) is 8.84. The van der Waals surface area contributed by atoms with Crippen molar-refractivity contribution < 1.29 is 4.79 Å². The lowest BCUT2D eigenvalue weighted by Crippen LogP contribution is -2.45. The molecule has 0 atom stereocenters. The first kappa shape index (κ1) is 16.9. The zero-order chi connectivity index (χ0) is 18.0. The van der Waals surface area contributed by atoms with E-state index in [1.54, 1.807) is 6.20 Å². The van der Waals surface area contributed by atoms with Crippen molar-refractivity contribution in [1.82, 2.24) is 10.3 Å². The van der Waals surface area contributed by atoms with Gasteiger partial charge in [0.05, 0.1) is 5.54 Å². The fraction of sp³-hybridized carbons (Fsp3) is 0.238. The molecule has 1 aliphatic carbocycles. The molecular weight excluding hydrogens is 346 g/mol. The molecule has 0 bridgehead atoms. The van der Waals surface area contributed by atoms with Crippen molar-refractivity contribution in [2.24, 2.45) is 0 Å². The molecule has 0 aliphatic heterocycles. The Bertz CT molecular complexity index is 951. The SMILES string of the molecule is O=C(Nc1ccc2cnccc2c1)NC1(c2cccc(Cl)c2)CCCC1. The third kappa shape index (κ3) is 3.37. The maximum Gasteiger partial charge on any atom is 0.319 e. The van der Waals surface area contributed by atoms with Gasteiger partial charge in [-0.25, -0.2) is 4.79 Å². The summed E-state index contributed by atoms with van der Waals surface area (Å²) < 4.78 is 0. The lowest BCUT2D eigenvalue weighted by molar-refractivity contribution is 0.236. The standard InChI is InChI=1S/C21H20ClN3O/c22-18-5-3-4-17(13-18)21(9-1-2-10-21)25-20(26)24-19-7-6-16-14-23-11-8-15(16)12-19/h3-8,11-14H,1-2,9-10H2,(H2,24,25,26). The molecule has 0 saturated heterocycles. The quantitative estimate of drug-likeness (QED) is 0.645. The van der Waals surface area contributed by atoms with Gasteiger partial charge in [-0.05, 0) is 54.1 Å². The number of pyridine rings is 1. The van der Waals surface area contributed by atoms with Gasteiger partial charge in [-0.15, -0.1) is 0 Å². The van der Waals surface area contributed by atoms with Crippen LogP contribution in [0.2, 0.25) is 5.02 Å². The number of rotatable bonds is 3. The molecule has 26 heavy (non-hydrogen) atoms. The number of halogens is 1. The number of urea groups is 1. The van der Waals surface area contributed by atoms with Crippen molar-refractivity contribution in [1.29, 1.82) is 0 Å². The van der Waals surface area contributed by atoms with Gasteiger partial charge in [0.15, 0.2) is 0 Å². The monoisotopic (exact) mass is 365 g/mol. The summed E-state index contributed by atoms with van der Waals surface area (Å²) in [5, 5.41) is 8.96. The van der Waals surface area contributed by atoms with Crippen LogP contribution in [-0.4, -0.2) is 11.0 Å². The van der Waals surface area contributed by atoms with Crippen LogP contribution in [0.5, 0.6) is 0 Å². The van der Waals surface area contributed by atoms with Crippen LogP contribution in [0, 0.1) is 0 Å². The van der Waals surface area contributed by atoms with Gasteiger partial charge in [0.25, 0.3) is 0 Å². The summed E-state index contributed by atoms with van der Waals surface area (Å²) in [5.74, 6) is 0. The third-order valence-electron chi connectivity index (χ3n) is 5.09. The summed E-state index contributed by atoms with van der Waals surface area (Å²) in [6.07, 6.45) is 7.59. The summed E-state index contributed by atoms with van der Waals surface area (Å²) in [6.45, 7) is 0. The Morgan fingerprint density at radius 1 is 1.04 bits per heavy atom. The highest BCUT2D eigenvalue weighted by Crippen LogP contribution is 2.39. The number of fused-ring (bicyclic) bond motifs is 1. The zero-order valence-electron chi connectivity index (χ0n) is 14.3. The highest BCUT2D eigenvalue weighted by molar-refractivity contribution is 6.30. The minimum atomic E-state index is -0.351. The van der Waals surface area contributed by atoms with Crippen LogP contribution in [0.25, 0.3) is 10.8 Å². The number of amides is 2.